The van der Waals surface area contributed by atoms with Crippen molar-refractivity contribution in [2.24, 2.45) is 5.73 Å². The SMILES string of the molecule is N#CC1=C(N)Oc2cc(OC(=O)/C=C/c3ccccc3Cl)ccc2C1c1ccc(OCc2ccc(Cl)cc2Cl)cc1. The quantitative estimate of drug-likeness (QED) is 0.130. The predicted molar refractivity (Wildman–Crippen MR) is 159 cm³/mol. The zero-order chi connectivity index (χ0) is 28.9. The van der Waals surface area contributed by atoms with Crippen LogP contribution in [-0.2, 0) is 11.4 Å². The van der Waals surface area contributed by atoms with Crippen LogP contribution in [-0.4, -0.2) is 5.97 Å². The molecular weight excluding hydrogens is 583 g/mol. The summed E-state index contributed by atoms with van der Waals surface area (Å²) in [5, 5.41) is 11.5. The van der Waals surface area contributed by atoms with Crippen molar-refractivity contribution in [1.82, 2.24) is 0 Å². The minimum absolute atomic E-state index is 0.0233. The van der Waals surface area contributed by atoms with E-state index in [2.05, 4.69) is 6.07 Å². The lowest BCUT2D eigenvalue weighted by Gasteiger charge is -2.26. The maximum absolute atomic E-state index is 12.4. The van der Waals surface area contributed by atoms with Crippen LogP contribution < -0.4 is 19.9 Å². The molecule has 0 saturated carbocycles. The van der Waals surface area contributed by atoms with Gasteiger partial charge in [-0.05, 0) is 53.6 Å². The summed E-state index contributed by atoms with van der Waals surface area (Å²) in [7, 11) is 0. The lowest BCUT2D eigenvalue weighted by molar-refractivity contribution is -0.128. The number of nitrogens with zero attached hydrogens (tertiary/aromatic N) is 1. The number of hydrogen-bond acceptors (Lipinski definition) is 6. The Morgan fingerprint density at radius 3 is 2.44 bits per heavy atom. The molecule has 0 amide bonds. The molecule has 0 radical (unpaired) electrons. The van der Waals surface area contributed by atoms with Crippen molar-refractivity contribution in [1.29, 1.82) is 5.26 Å². The van der Waals surface area contributed by atoms with Crippen molar-refractivity contribution in [3.05, 3.63) is 140 Å². The van der Waals surface area contributed by atoms with Crippen molar-refractivity contribution in [2.75, 3.05) is 0 Å². The highest BCUT2D eigenvalue weighted by Crippen LogP contribution is 2.43. The molecule has 1 atom stereocenters. The Balaban J connectivity index is 1.34. The summed E-state index contributed by atoms with van der Waals surface area (Å²) in [6, 6.07) is 26.8. The number of ether oxygens (including phenoxy) is 3. The molecule has 0 aromatic heterocycles. The summed E-state index contributed by atoms with van der Waals surface area (Å²) in [4.78, 5) is 12.4. The van der Waals surface area contributed by atoms with Crippen LogP contribution in [0.25, 0.3) is 6.08 Å². The lowest BCUT2D eigenvalue weighted by atomic mass is 9.83. The number of allylic oxidation sites excluding steroid dienone is 1. The van der Waals surface area contributed by atoms with Crippen LogP contribution in [0.15, 0.2) is 102 Å². The first-order chi connectivity index (χ1) is 19.8. The smallest absolute Gasteiger partial charge is 0.336 e. The molecule has 41 heavy (non-hydrogen) atoms. The van der Waals surface area contributed by atoms with Crippen LogP contribution in [0.4, 0.5) is 0 Å². The second-order valence-electron chi connectivity index (χ2n) is 8.99. The Bertz CT molecular complexity index is 1730. The van der Waals surface area contributed by atoms with E-state index in [0.29, 0.717) is 37.7 Å². The number of esters is 1. The van der Waals surface area contributed by atoms with Crippen LogP contribution in [0.1, 0.15) is 28.2 Å². The Labute approximate surface area is 251 Å². The first-order valence-electron chi connectivity index (χ1n) is 12.3. The third kappa shape index (κ3) is 6.50. The first kappa shape index (κ1) is 28.1. The third-order valence-electron chi connectivity index (χ3n) is 6.34. The number of nitrogens with two attached hydrogens (primary N) is 1. The maximum atomic E-state index is 12.4. The van der Waals surface area contributed by atoms with E-state index in [1.54, 1.807) is 66.7 Å². The molecule has 4 aromatic carbocycles. The predicted octanol–water partition coefficient (Wildman–Crippen LogP) is 8.06. The normalized spacial score (nSPS) is 14.2. The minimum atomic E-state index is -0.589. The molecule has 9 heteroatoms. The molecule has 4 aromatic rings. The van der Waals surface area contributed by atoms with Gasteiger partial charge >= 0.3 is 5.97 Å². The van der Waals surface area contributed by atoms with E-state index >= 15 is 0 Å². The molecular formula is C32H21Cl3N2O4. The minimum Gasteiger partial charge on any atom is -0.489 e. The molecule has 0 spiro atoms. The van der Waals surface area contributed by atoms with Crippen molar-refractivity contribution in [2.45, 2.75) is 12.5 Å². The number of carbonyl (C=O) groups is 1. The van der Waals surface area contributed by atoms with Crippen LogP contribution in [0.3, 0.4) is 0 Å². The van der Waals surface area contributed by atoms with Gasteiger partial charge in [-0.2, -0.15) is 5.26 Å². The summed E-state index contributed by atoms with van der Waals surface area (Å²) >= 11 is 18.3. The summed E-state index contributed by atoms with van der Waals surface area (Å²) in [6.07, 6.45) is 2.86. The van der Waals surface area contributed by atoms with E-state index in [9.17, 15) is 10.1 Å². The van der Waals surface area contributed by atoms with Gasteiger partial charge in [0.1, 0.15) is 35.5 Å². The zero-order valence-electron chi connectivity index (χ0n) is 21.3. The summed E-state index contributed by atoms with van der Waals surface area (Å²) in [6.45, 7) is 0.265. The lowest BCUT2D eigenvalue weighted by Crippen LogP contribution is -2.21. The standard InChI is InChI=1S/C32H21Cl3N2O4/c33-22-9-5-21(28(35)15-22)18-39-23-10-6-20(7-11-23)31-25-13-12-24(16-29(25)41-32(37)26(31)17-36)40-30(38)14-8-19-3-1-2-4-27(19)34/h1-16,31H,18,37H2/b14-8+. The molecule has 0 aliphatic carbocycles. The summed E-state index contributed by atoms with van der Waals surface area (Å²) < 4.78 is 17.1. The van der Waals surface area contributed by atoms with Crippen molar-refractivity contribution in [3.8, 4) is 23.3 Å². The van der Waals surface area contributed by atoms with Gasteiger partial charge in [0.05, 0.1) is 5.92 Å². The number of benzene rings is 4. The second kappa shape index (κ2) is 12.4. The average molecular weight is 604 g/mol. The molecule has 1 unspecified atom stereocenters. The van der Waals surface area contributed by atoms with Gasteiger partial charge in [0.15, 0.2) is 0 Å². The third-order valence-corrected chi connectivity index (χ3v) is 7.27. The Kier molecular flexibility index (Phi) is 8.51. The number of halogens is 3. The van der Waals surface area contributed by atoms with Gasteiger partial charge in [0.25, 0.3) is 0 Å². The van der Waals surface area contributed by atoms with Crippen molar-refractivity contribution < 1.29 is 19.0 Å². The van der Waals surface area contributed by atoms with E-state index in [-0.39, 0.29) is 23.8 Å². The molecule has 5 rings (SSSR count). The molecule has 1 aliphatic rings. The van der Waals surface area contributed by atoms with E-state index in [4.69, 9.17) is 54.7 Å². The highest BCUT2D eigenvalue weighted by Gasteiger charge is 2.31. The number of fused-ring (bicyclic) bond motifs is 1. The molecule has 0 saturated heterocycles. The van der Waals surface area contributed by atoms with Gasteiger partial charge in [0, 0.05) is 38.3 Å². The second-order valence-corrected chi connectivity index (χ2v) is 10.2. The maximum Gasteiger partial charge on any atom is 0.336 e. The number of hydrogen-bond donors (Lipinski definition) is 1. The van der Waals surface area contributed by atoms with Gasteiger partial charge in [-0.3, -0.25) is 0 Å². The average Bonchev–Trinajstić information content (AvgIpc) is 2.96. The van der Waals surface area contributed by atoms with Gasteiger partial charge in [-0.1, -0.05) is 77.3 Å². The fraction of sp³-hybridized carbons (Fsp3) is 0.0625. The fourth-order valence-electron chi connectivity index (χ4n) is 4.32. The summed E-state index contributed by atoms with van der Waals surface area (Å²) in [5.74, 6) is 0.153. The Morgan fingerprint density at radius 2 is 1.71 bits per heavy atom. The molecule has 6 nitrogen and oxygen atoms in total. The van der Waals surface area contributed by atoms with Gasteiger partial charge < -0.3 is 19.9 Å². The van der Waals surface area contributed by atoms with Gasteiger partial charge in [-0.25, -0.2) is 4.79 Å². The van der Waals surface area contributed by atoms with Crippen LogP contribution in [0.5, 0.6) is 17.2 Å². The molecule has 0 bridgehead atoms. The highest BCUT2D eigenvalue weighted by atomic mass is 35.5. The Hall–Kier alpha value is -4.41. The molecule has 204 valence electrons. The largest absolute Gasteiger partial charge is 0.489 e. The Morgan fingerprint density at radius 1 is 0.951 bits per heavy atom. The van der Waals surface area contributed by atoms with Crippen molar-refractivity contribution in [3.63, 3.8) is 0 Å². The van der Waals surface area contributed by atoms with Crippen LogP contribution >= 0.6 is 34.8 Å². The van der Waals surface area contributed by atoms with Crippen molar-refractivity contribution >= 4 is 46.8 Å². The summed E-state index contributed by atoms with van der Waals surface area (Å²) in [5.41, 5.74) is 9.40. The van der Waals surface area contributed by atoms with Gasteiger partial charge in [0.2, 0.25) is 5.88 Å². The van der Waals surface area contributed by atoms with Crippen LogP contribution in [0.2, 0.25) is 15.1 Å². The zero-order valence-corrected chi connectivity index (χ0v) is 23.6. The topological polar surface area (TPSA) is 94.6 Å². The molecule has 0 fully saturated rings. The van der Waals surface area contributed by atoms with E-state index in [1.165, 1.54) is 6.08 Å². The number of rotatable bonds is 7. The molecule has 2 N–H and O–H groups in total. The van der Waals surface area contributed by atoms with E-state index in [0.717, 1.165) is 11.1 Å². The van der Waals surface area contributed by atoms with Crippen LogP contribution in [0, 0.1) is 11.3 Å². The van der Waals surface area contributed by atoms with Gasteiger partial charge in [-0.15, -0.1) is 0 Å². The van der Waals surface area contributed by atoms with E-state index < -0.39 is 11.9 Å². The molecule has 1 heterocycles. The molecule has 1 aliphatic heterocycles. The number of carbonyl (C=O) groups excluding carboxylic acids is 1. The number of nitriles is 1. The fourth-order valence-corrected chi connectivity index (χ4v) is 4.98. The first-order valence-corrected chi connectivity index (χ1v) is 13.5. The highest BCUT2D eigenvalue weighted by molar-refractivity contribution is 6.35. The monoisotopic (exact) mass is 602 g/mol. The van der Waals surface area contributed by atoms with E-state index in [1.807, 2.05) is 24.3 Å².